The van der Waals surface area contributed by atoms with Crippen molar-refractivity contribution >= 4 is 11.6 Å². The fraction of sp³-hybridized carbons (Fsp3) is 0.385. The number of aryl methyl sites for hydroxylation is 3. The smallest absolute Gasteiger partial charge is 0.118 e. The van der Waals surface area contributed by atoms with Gasteiger partial charge in [-0.1, -0.05) is 11.6 Å². The molecule has 2 aromatic rings. The van der Waals surface area contributed by atoms with Crippen molar-refractivity contribution in [2.24, 2.45) is 7.05 Å². The molecule has 3 nitrogen and oxygen atoms in total. The Bertz CT molecular complexity index is 605. The summed E-state index contributed by atoms with van der Waals surface area (Å²) in [6, 6.07) is 1.84. The summed E-state index contributed by atoms with van der Waals surface area (Å²) < 4.78 is 14.8. The Labute approximate surface area is 111 Å². The first kappa shape index (κ1) is 13.0. The summed E-state index contributed by atoms with van der Waals surface area (Å²) in [4.78, 5) is 4.43. The molecule has 0 aliphatic rings. The van der Waals surface area contributed by atoms with Gasteiger partial charge in [0.25, 0.3) is 0 Å². The molecule has 18 heavy (non-hydrogen) atoms. The first-order chi connectivity index (χ1) is 8.45. The second-order valence-corrected chi connectivity index (χ2v) is 4.80. The van der Waals surface area contributed by atoms with Gasteiger partial charge in [-0.05, 0) is 32.4 Å². The molecule has 96 valence electrons. The van der Waals surface area contributed by atoms with Crippen molar-refractivity contribution in [2.75, 3.05) is 0 Å². The van der Waals surface area contributed by atoms with Gasteiger partial charge in [0, 0.05) is 18.3 Å². The van der Waals surface area contributed by atoms with Crippen LogP contribution in [-0.2, 0) is 13.7 Å². The molecule has 2 aromatic heterocycles. The van der Waals surface area contributed by atoms with Crippen molar-refractivity contribution in [1.82, 2.24) is 14.8 Å². The van der Waals surface area contributed by atoms with Crippen LogP contribution in [0.15, 0.2) is 6.07 Å². The van der Waals surface area contributed by atoms with E-state index in [2.05, 4.69) is 10.1 Å². The van der Waals surface area contributed by atoms with Crippen LogP contribution in [0.1, 0.15) is 22.5 Å². The maximum absolute atomic E-state index is 13.2. The molecule has 0 fully saturated rings. The van der Waals surface area contributed by atoms with Crippen LogP contribution in [0.25, 0.3) is 11.4 Å². The Hall–Kier alpha value is -1.42. The number of hydrogen-bond acceptors (Lipinski definition) is 2. The summed E-state index contributed by atoms with van der Waals surface area (Å²) in [5, 5.41) is 4.97. The second-order valence-electron chi connectivity index (χ2n) is 4.39. The van der Waals surface area contributed by atoms with Gasteiger partial charge >= 0.3 is 0 Å². The van der Waals surface area contributed by atoms with E-state index >= 15 is 0 Å². The highest BCUT2D eigenvalue weighted by Gasteiger charge is 2.18. The first-order valence-electron chi connectivity index (χ1n) is 5.68. The number of pyridine rings is 1. The highest BCUT2D eigenvalue weighted by molar-refractivity contribution is 6.31. The van der Waals surface area contributed by atoms with Gasteiger partial charge in [0.15, 0.2) is 0 Å². The third-order valence-electron chi connectivity index (χ3n) is 3.16. The number of rotatable bonds is 2. The minimum atomic E-state index is -0.544. The molecule has 0 saturated heterocycles. The minimum absolute atomic E-state index is 0.544. The molecule has 0 N–H and O–H groups in total. The monoisotopic (exact) mass is 267 g/mol. The fourth-order valence-corrected chi connectivity index (χ4v) is 2.12. The number of alkyl halides is 1. The van der Waals surface area contributed by atoms with Crippen LogP contribution in [0.4, 0.5) is 4.39 Å². The van der Waals surface area contributed by atoms with Gasteiger partial charge in [0.05, 0.1) is 16.4 Å². The number of nitrogens with zero attached hydrogens (tertiary/aromatic N) is 3. The lowest BCUT2D eigenvalue weighted by Gasteiger charge is -2.06. The molecular weight excluding hydrogens is 253 g/mol. The molecular formula is C13H15ClFN3. The Kier molecular flexibility index (Phi) is 3.39. The van der Waals surface area contributed by atoms with E-state index in [0.29, 0.717) is 22.0 Å². The molecule has 2 rings (SSSR count). The lowest BCUT2D eigenvalue weighted by molar-refractivity contribution is 0.483. The van der Waals surface area contributed by atoms with Crippen molar-refractivity contribution in [1.29, 1.82) is 0 Å². The minimum Gasteiger partial charge on any atom is -0.272 e. The van der Waals surface area contributed by atoms with Crippen molar-refractivity contribution < 1.29 is 4.39 Å². The molecule has 0 atom stereocenters. The van der Waals surface area contributed by atoms with Crippen LogP contribution < -0.4 is 0 Å². The standard InChI is InChI=1S/C13H15ClFN3/c1-7-5-11(14)8(2)16-12(7)13-10(6-15)9(3)18(4)17-13/h5H,6H2,1-4H3. The zero-order valence-corrected chi connectivity index (χ0v) is 11.6. The van der Waals surface area contributed by atoms with Gasteiger partial charge < -0.3 is 0 Å². The maximum atomic E-state index is 13.2. The first-order valence-corrected chi connectivity index (χ1v) is 6.06. The molecule has 0 aliphatic carbocycles. The van der Waals surface area contributed by atoms with Crippen LogP contribution in [0.5, 0.6) is 0 Å². The van der Waals surface area contributed by atoms with E-state index in [4.69, 9.17) is 11.6 Å². The number of aromatic nitrogens is 3. The Morgan fingerprint density at radius 1 is 1.28 bits per heavy atom. The third kappa shape index (κ3) is 2.01. The Balaban J connectivity index is 2.69. The molecule has 0 unspecified atom stereocenters. The van der Waals surface area contributed by atoms with Crippen LogP contribution in [0.3, 0.4) is 0 Å². The SMILES string of the molecule is Cc1cc(Cl)c(C)nc1-c1nn(C)c(C)c1CF. The van der Waals surface area contributed by atoms with Gasteiger partial charge in [-0.15, -0.1) is 0 Å². The molecule has 0 amide bonds. The Morgan fingerprint density at radius 2 is 1.94 bits per heavy atom. The summed E-state index contributed by atoms with van der Waals surface area (Å²) >= 11 is 6.02. The second kappa shape index (κ2) is 4.69. The molecule has 0 bridgehead atoms. The predicted octanol–water partition coefficient (Wildman–Crippen LogP) is 3.53. The van der Waals surface area contributed by atoms with E-state index in [1.165, 1.54) is 0 Å². The van der Waals surface area contributed by atoms with Crippen LogP contribution in [-0.4, -0.2) is 14.8 Å². The van der Waals surface area contributed by atoms with Gasteiger partial charge in [-0.2, -0.15) is 5.10 Å². The van der Waals surface area contributed by atoms with Crippen molar-refractivity contribution in [3.05, 3.63) is 33.6 Å². The van der Waals surface area contributed by atoms with E-state index < -0.39 is 6.67 Å². The third-order valence-corrected chi connectivity index (χ3v) is 3.54. The summed E-state index contributed by atoms with van der Waals surface area (Å²) in [5.41, 5.74) is 4.35. The summed E-state index contributed by atoms with van der Waals surface area (Å²) in [7, 11) is 1.80. The average molecular weight is 268 g/mol. The lowest BCUT2D eigenvalue weighted by atomic mass is 10.1. The highest BCUT2D eigenvalue weighted by Crippen LogP contribution is 2.29. The Morgan fingerprint density at radius 3 is 2.56 bits per heavy atom. The van der Waals surface area contributed by atoms with E-state index in [1.54, 1.807) is 11.7 Å². The highest BCUT2D eigenvalue weighted by atomic mass is 35.5. The normalized spacial score (nSPS) is 11.0. The molecule has 0 saturated carbocycles. The van der Waals surface area contributed by atoms with Crippen LogP contribution >= 0.6 is 11.6 Å². The number of halogens is 2. The van der Waals surface area contributed by atoms with Gasteiger partial charge in [-0.3, -0.25) is 4.68 Å². The quantitative estimate of drug-likeness (QED) is 0.833. The summed E-state index contributed by atoms with van der Waals surface area (Å²) in [6.07, 6.45) is 0. The average Bonchev–Trinajstić information content (AvgIpc) is 2.60. The van der Waals surface area contributed by atoms with Crippen LogP contribution in [0.2, 0.25) is 5.02 Å². The van der Waals surface area contributed by atoms with E-state index in [0.717, 1.165) is 17.0 Å². The van der Waals surface area contributed by atoms with E-state index in [-0.39, 0.29) is 0 Å². The van der Waals surface area contributed by atoms with Crippen molar-refractivity contribution in [3.8, 4) is 11.4 Å². The molecule has 5 heteroatoms. The number of hydrogen-bond donors (Lipinski definition) is 0. The molecule has 2 heterocycles. The van der Waals surface area contributed by atoms with Crippen molar-refractivity contribution in [2.45, 2.75) is 27.4 Å². The molecule has 0 radical (unpaired) electrons. The van der Waals surface area contributed by atoms with E-state index in [1.807, 2.05) is 26.8 Å². The summed E-state index contributed by atoms with van der Waals surface area (Å²) in [5.74, 6) is 0. The predicted molar refractivity (Wildman–Crippen MR) is 70.5 cm³/mol. The lowest BCUT2D eigenvalue weighted by Crippen LogP contribution is -1.96. The van der Waals surface area contributed by atoms with Gasteiger partial charge in [0.2, 0.25) is 0 Å². The van der Waals surface area contributed by atoms with Crippen molar-refractivity contribution in [3.63, 3.8) is 0 Å². The topological polar surface area (TPSA) is 30.7 Å². The fourth-order valence-electron chi connectivity index (χ4n) is 1.91. The van der Waals surface area contributed by atoms with Gasteiger partial charge in [-0.25, -0.2) is 9.37 Å². The zero-order valence-electron chi connectivity index (χ0n) is 10.9. The summed E-state index contributed by atoms with van der Waals surface area (Å²) in [6.45, 7) is 5.04. The van der Waals surface area contributed by atoms with E-state index in [9.17, 15) is 4.39 Å². The zero-order chi connectivity index (χ0) is 13.4. The largest absolute Gasteiger partial charge is 0.272 e. The van der Waals surface area contributed by atoms with Crippen LogP contribution in [0, 0.1) is 20.8 Å². The van der Waals surface area contributed by atoms with Gasteiger partial charge in [0.1, 0.15) is 12.4 Å². The molecule has 0 aromatic carbocycles. The molecule has 0 aliphatic heterocycles. The maximum Gasteiger partial charge on any atom is 0.118 e. The molecule has 0 spiro atoms.